The molecule has 2 nitrogen and oxygen atoms in total. The van der Waals surface area contributed by atoms with Crippen molar-refractivity contribution < 1.29 is 0 Å². The molecule has 0 aliphatic heterocycles. The Hall–Kier alpha value is -0.0800. The van der Waals surface area contributed by atoms with Gasteiger partial charge in [0.05, 0.1) is 0 Å². The summed E-state index contributed by atoms with van der Waals surface area (Å²) in [6.07, 6.45) is 29.1. The van der Waals surface area contributed by atoms with Gasteiger partial charge in [0.1, 0.15) is 0 Å². The van der Waals surface area contributed by atoms with Crippen LogP contribution >= 0.6 is 0 Å². The lowest BCUT2D eigenvalue weighted by Crippen LogP contribution is -2.40. The highest BCUT2D eigenvalue weighted by atomic mass is 15.0. The second-order valence-corrected chi connectivity index (χ2v) is 9.67. The molecule has 0 amide bonds. The average Bonchev–Trinajstić information content (AvgIpc) is 2.72. The highest BCUT2D eigenvalue weighted by Gasteiger charge is 2.20. The van der Waals surface area contributed by atoms with E-state index in [9.17, 15) is 0 Å². The van der Waals surface area contributed by atoms with Gasteiger partial charge in [-0.25, -0.2) is 0 Å². The molecule has 4 aliphatic rings. The fourth-order valence-corrected chi connectivity index (χ4v) is 5.74. The Labute approximate surface area is 163 Å². The minimum Gasteiger partial charge on any atom is -0.311 e. The van der Waals surface area contributed by atoms with Gasteiger partial charge in [0.2, 0.25) is 0 Å². The minimum atomic E-state index is 0.872. The lowest BCUT2D eigenvalue weighted by molar-refractivity contribution is 0.291. The molecule has 0 aromatic carbocycles. The van der Waals surface area contributed by atoms with Gasteiger partial charge >= 0.3 is 0 Å². The Morgan fingerprint density at radius 3 is 0.654 bits per heavy atom. The standard InChI is InChI=1S/2C12H23N/c2*1-3-7-11(8-4-1)13-12-9-5-2-6-10-12/h2*11-13H,1-10H2. The van der Waals surface area contributed by atoms with E-state index in [-0.39, 0.29) is 0 Å². The highest BCUT2D eigenvalue weighted by Crippen LogP contribution is 2.23. The van der Waals surface area contributed by atoms with Gasteiger partial charge in [-0.15, -0.1) is 0 Å². The van der Waals surface area contributed by atoms with Crippen LogP contribution in [0.4, 0.5) is 0 Å². The van der Waals surface area contributed by atoms with E-state index >= 15 is 0 Å². The predicted molar refractivity (Wildman–Crippen MR) is 114 cm³/mol. The zero-order valence-electron chi connectivity index (χ0n) is 17.5. The molecule has 2 heteroatoms. The van der Waals surface area contributed by atoms with Crippen molar-refractivity contribution in [2.75, 3.05) is 0 Å². The van der Waals surface area contributed by atoms with Crippen LogP contribution in [-0.2, 0) is 0 Å². The second-order valence-electron chi connectivity index (χ2n) is 9.67. The summed E-state index contributed by atoms with van der Waals surface area (Å²) in [6.45, 7) is 0. The Bertz CT molecular complexity index is 266. The Morgan fingerprint density at radius 1 is 0.269 bits per heavy atom. The summed E-state index contributed by atoms with van der Waals surface area (Å²) in [5.74, 6) is 0. The second kappa shape index (κ2) is 12.4. The van der Waals surface area contributed by atoms with Crippen LogP contribution in [0.15, 0.2) is 0 Å². The summed E-state index contributed by atoms with van der Waals surface area (Å²) < 4.78 is 0. The molecule has 0 bridgehead atoms. The topological polar surface area (TPSA) is 24.1 Å². The zero-order valence-corrected chi connectivity index (χ0v) is 17.5. The maximum atomic E-state index is 3.86. The van der Waals surface area contributed by atoms with Gasteiger partial charge in [-0.05, 0) is 51.4 Å². The van der Waals surface area contributed by atoms with E-state index < -0.39 is 0 Å². The molecule has 0 unspecified atom stereocenters. The van der Waals surface area contributed by atoms with Crippen LogP contribution < -0.4 is 10.6 Å². The molecular formula is C24H46N2. The number of rotatable bonds is 4. The van der Waals surface area contributed by atoms with Gasteiger partial charge in [-0.2, -0.15) is 0 Å². The summed E-state index contributed by atoms with van der Waals surface area (Å²) in [4.78, 5) is 0. The first-order valence-electron chi connectivity index (χ1n) is 12.4. The molecule has 4 aliphatic carbocycles. The van der Waals surface area contributed by atoms with Gasteiger partial charge in [-0.3, -0.25) is 0 Å². The Kier molecular flexibility index (Phi) is 9.84. The van der Waals surface area contributed by atoms with Crippen LogP contribution in [0.3, 0.4) is 0 Å². The van der Waals surface area contributed by atoms with E-state index in [2.05, 4.69) is 10.6 Å². The van der Waals surface area contributed by atoms with Crippen molar-refractivity contribution in [3.05, 3.63) is 0 Å². The van der Waals surface area contributed by atoms with Crippen LogP contribution in [-0.4, -0.2) is 24.2 Å². The van der Waals surface area contributed by atoms with Gasteiger partial charge < -0.3 is 10.6 Å². The van der Waals surface area contributed by atoms with E-state index in [0.29, 0.717) is 0 Å². The average molecular weight is 363 g/mol. The van der Waals surface area contributed by atoms with Crippen LogP contribution in [0, 0.1) is 0 Å². The van der Waals surface area contributed by atoms with Crippen molar-refractivity contribution >= 4 is 0 Å². The molecule has 0 radical (unpaired) electrons. The van der Waals surface area contributed by atoms with E-state index in [1.54, 1.807) is 0 Å². The summed E-state index contributed by atoms with van der Waals surface area (Å²) in [5.41, 5.74) is 0. The maximum absolute atomic E-state index is 3.86. The molecule has 152 valence electrons. The van der Waals surface area contributed by atoms with Gasteiger partial charge in [-0.1, -0.05) is 77.0 Å². The lowest BCUT2D eigenvalue weighted by Gasteiger charge is -2.30. The molecule has 0 spiro atoms. The first-order chi connectivity index (χ1) is 12.9. The Balaban J connectivity index is 0.000000151. The highest BCUT2D eigenvalue weighted by molar-refractivity contribution is 4.80. The third-order valence-corrected chi connectivity index (χ3v) is 7.36. The summed E-state index contributed by atoms with van der Waals surface area (Å²) in [7, 11) is 0. The van der Waals surface area contributed by atoms with Crippen LogP contribution in [0.25, 0.3) is 0 Å². The molecular weight excluding hydrogens is 316 g/mol. The van der Waals surface area contributed by atoms with Gasteiger partial charge in [0.25, 0.3) is 0 Å². The molecule has 0 heterocycles. The first kappa shape index (κ1) is 20.6. The number of hydrogen-bond donors (Lipinski definition) is 2. The third kappa shape index (κ3) is 7.89. The fraction of sp³-hybridized carbons (Fsp3) is 1.00. The van der Waals surface area contributed by atoms with Crippen LogP contribution in [0.5, 0.6) is 0 Å². The van der Waals surface area contributed by atoms with E-state index in [4.69, 9.17) is 0 Å². The smallest absolute Gasteiger partial charge is 0.00696 e. The molecule has 0 aromatic heterocycles. The number of nitrogens with one attached hydrogen (secondary N) is 2. The molecule has 0 saturated heterocycles. The molecule has 26 heavy (non-hydrogen) atoms. The van der Waals surface area contributed by atoms with Gasteiger partial charge in [0, 0.05) is 24.2 Å². The summed E-state index contributed by atoms with van der Waals surface area (Å²) >= 11 is 0. The molecule has 4 rings (SSSR count). The zero-order chi connectivity index (χ0) is 17.9. The molecule has 4 saturated carbocycles. The van der Waals surface area contributed by atoms with Crippen molar-refractivity contribution in [1.82, 2.24) is 10.6 Å². The fourth-order valence-electron chi connectivity index (χ4n) is 5.74. The summed E-state index contributed by atoms with van der Waals surface area (Å²) in [5, 5.41) is 7.72. The van der Waals surface area contributed by atoms with E-state index in [1.165, 1.54) is 128 Å². The molecule has 0 atom stereocenters. The van der Waals surface area contributed by atoms with Crippen LogP contribution in [0.2, 0.25) is 0 Å². The quantitative estimate of drug-likeness (QED) is 0.598. The SMILES string of the molecule is C1CCC(NC2CCCCC2)CC1.C1CCC(NC2CCCCC2)CC1. The monoisotopic (exact) mass is 362 g/mol. The van der Waals surface area contributed by atoms with Crippen molar-refractivity contribution in [3.63, 3.8) is 0 Å². The predicted octanol–water partition coefficient (Wildman–Crippen LogP) is 6.48. The molecule has 4 fully saturated rings. The van der Waals surface area contributed by atoms with Crippen molar-refractivity contribution in [2.45, 2.75) is 153 Å². The third-order valence-electron chi connectivity index (χ3n) is 7.36. The van der Waals surface area contributed by atoms with Crippen molar-refractivity contribution in [2.24, 2.45) is 0 Å². The van der Waals surface area contributed by atoms with Crippen molar-refractivity contribution in [1.29, 1.82) is 0 Å². The largest absolute Gasteiger partial charge is 0.311 e. The molecule has 0 aromatic rings. The minimum absolute atomic E-state index is 0.872. The van der Waals surface area contributed by atoms with E-state index in [1.807, 2.05) is 0 Å². The number of hydrogen-bond acceptors (Lipinski definition) is 2. The maximum Gasteiger partial charge on any atom is 0.00696 e. The summed E-state index contributed by atoms with van der Waals surface area (Å²) in [6, 6.07) is 3.49. The van der Waals surface area contributed by atoms with Gasteiger partial charge in [0.15, 0.2) is 0 Å². The Morgan fingerprint density at radius 2 is 0.462 bits per heavy atom. The van der Waals surface area contributed by atoms with Crippen molar-refractivity contribution in [3.8, 4) is 0 Å². The normalized spacial score (nSPS) is 27.7. The first-order valence-corrected chi connectivity index (χ1v) is 12.4. The lowest BCUT2D eigenvalue weighted by atomic mass is 9.91. The molecule has 2 N–H and O–H groups in total. The van der Waals surface area contributed by atoms with Crippen LogP contribution in [0.1, 0.15) is 128 Å². The van der Waals surface area contributed by atoms with E-state index in [0.717, 1.165) is 24.2 Å².